The first-order valence-corrected chi connectivity index (χ1v) is 24.1. The van der Waals surface area contributed by atoms with E-state index in [1.165, 1.54) is 52.3 Å². The van der Waals surface area contributed by atoms with Gasteiger partial charge in [0.1, 0.15) is 0 Å². The Labute approximate surface area is 285 Å². The summed E-state index contributed by atoms with van der Waals surface area (Å²) in [7, 11) is -12.0. The van der Waals surface area contributed by atoms with Crippen LogP contribution in [0.4, 0.5) is 0 Å². The van der Waals surface area contributed by atoms with Crippen LogP contribution in [0.2, 0.25) is 0 Å². The predicted molar refractivity (Wildman–Crippen MR) is 167 cm³/mol. The van der Waals surface area contributed by atoms with Gasteiger partial charge >= 0.3 is 42.5 Å². The Morgan fingerprint density at radius 2 is 0.476 bits per heavy atom. The van der Waals surface area contributed by atoms with E-state index in [1.807, 2.05) is 0 Å². The molecule has 4 aliphatic rings. The third-order valence-electron chi connectivity index (χ3n) is 8.95. The average Bonchev–Trinajstić information content (AvgIpc) is 2.90. The maximum atomic E-state index is 11.0. The zero-order valence-corrected chi connectivity index (χ0v) is 34.9. The number of hydrogen-bond donors (Lipinski definition) is 0. The van der Waals surface area contributed by atoms with Crippen molar-refractivity contribution in [1.29, 1.82) is 0 Å². The molecule has 0 saturated heterocycles. The Morgan fingerprint density at radius 1 is 0.357 bits per heavy atom. The van der Waals surface area contributed by atoms with Crippen LogP contribution < -0.4 is 19.6 Å². The van der Waals surface area contributed by atoms with Crippen molar-refractivity contribution in [3.05, 3.63) is 0 Å². The maximum Gasteiger partial charge on any atom is 2.00 e. The Hall–Kier alpha value is 2.15. The quantitative estimate of drug-likeness (QED) is 0.253. The average molecular weight is 734 g/mol. The molecule has 0 spiro atoms. The fourth-order valence-electron chi connectivity index (χ4n) is 6.20. The van der Waals surface area contributed by atoms with Gasteiger partial charge in [0.15, 0.2) is 0 Å². The zero-order chi connectivity index (χ0) is 30.5. The van der Waals surface area contributed by atoms with Crippen molar-refractivity contribution in [2.75, 3.05) is 26.7 Å². The first kappa shape index (κ1) is 46.3. The van der Waals surface area contributed by atoms with Crippen LogP contribution in [0.25, 0.3) is 0 Å². The van der Waals surface area contributed by atoms with Crippen molar-refractivity contribution in [3.8, 4) is 0 Å². The summed E-state index contributed by atoms with van der Waals surface area (Å²) < 4.78 is 44.1. The molecule has 0 aromatic carbocycles. The summed E-state index contributed by atoms with van der Waals surface area (Å²) in [5, 5.41) is 0. The van der Waals surface area contributed by atoms with Crippen molar-refractivity contribution < 1.29 is 57.3 Å². The van der Waals surface area contributed by atoms with Crippen LogP contribution in [-0.4, -0.2) is 72.3 Å². The van der Waals surface area contributed by atoms with E-state index in [4.69, 9.17) is 0 Å². The van der Waals surface area contributed by atoms with Gasteiger partial charge in [-0.1, -0.05) is 77.0 Å². The van der Waals surface area contributed by atoms with Crippen LogP contribution in [-0.2, 0) is 37.7 Å². The van der Waals surface area contributed by atoms with Crippen LogP contribution in [0.1, 0.15) is 128 Å². The van der Waals surface area contributed by atoms with Gasteiger partial charge in [0.2, 0.25) is 0 Å². The van der Waals surface area contributed by atoms with Gasteiger partial charge in [-0.05, 0) is 101 Å². The fourth-order valence-corrected chi connectivity index (χ4v) is 11.4. The van der Waals surface area contributed by atoms with Gasteiger partial charge in [0, 0.05) is 29.5 Å². The molecular formula is C28H56MgO8P4Zn. The summed E-state index contributed by atoms with van der Waals surface area (Å²) in [4.78, 5) is 44.1. The van der Waals surface area contributed by atoms with Crippen LogP contribution >= 0.6 is 29.5 Å². The molecule has 0 aromatic heterocycles. The van der Waals surface area contributed by atoms with Crippen molar-refractivity contribution in [2.45, 2.75) is 151 Å². The maximum absolute atomic E-state index is 11.0. The summed E-state index contributed by atoms with van der Waals surface area (Å²) in [5.41, 5.74) is 0.00463. The topological polar surface area (TPSA) is 161 Å². The molecule has 4 saturated carbocycles. The molecule has 14 heteroatoms. The summed E-state index contributed by atoms with van der Waals surface area (Å²) in [6.07, 6.45) is 20.9. The van der Waals surface area contributed by atoms with Crippen LogP contribution in [0, 0.1) is 0 Å². The predicted octanol–water partition coefficient (Wildman–Crippen LogP) is 5.97. The fraction of sp³-hybridized carbons (Fsp3) is 1.00. The molecule has 0 N–H and O–H groups in total. The molecule has 0 heterocycles. The molecule has 0 amide bonds. The van der Waals surface area contributed by atoms with Gasteiger partial charge in [-0.15, -0.1) is 0 Å². The number of rotatable bonds is 4. The molecular weight excluding hydrogens is 678 g/mol. The van der Waals surface area contributed by atoms with Gasteiger partial charge in [0.05, 0.1) is 0 Å². The molecule has 4 unspecified atom stereocenters. The second-order valence-corrected chi connectivity index (χ2v) is 23.0. The molecule has 0 aliphatic heterocycles. The van der Waals surface area contributed by atoms with Gasteiger partial charge in [-0.3, -0.25) is 0 Å². The van der Waals surface area contributed by atoms with Crippen molar-refractivity contribution in [1.82, 2.24) is 0 Å². The van der Waals surface area contributed by atoms with Crippen molar-refractivity contribution in [3.63, 3.8) is 0 Å². The Balaban J connectivity index is 0. The van der Waals surface area contributed by atoms with E-state index in [1.54, 1.807) is 0 Å². The minimum absolute atomic E-state index is 0. The molecule has 8 nitrogen and oxygen atoms in total. The molecule has 0 aromatic rings. The second kappa shape index (κ2) is 22.7. The van der Waals surface area contributed by atoms with Gasteiger partial charge in [-0.25, -0.2) is 0 Å². The molecule has 0 radical (unpaired) electrons. The molecule has 0 bridgehead atoms. The van der Waals surface area contributed by atoms with Crippen LogP contribution in [0.5, 0.6) is 0 Å². The second-order valence-electron chi connectivity index (χ2n) is 12.8. The third-order valence-corrected chi connectivity index (χ3v) is 16.3. The van der Waals surface area contributed by atoms with Gasteiger partial charge < -0.3 is 37.8 Å². The smallest absolute Gasteiger partial charge is 0.799 e. The molecule has 4 aliphatic carbocycles. The first-order chi connectivity index (χ1) is 18.4. The molecule has 4 atom stereocenters. The van der Waals surface area contributed by atoms with Crippen LogP contribution in [0.3, 0.4) is 0 Å². The Morgan fingerprint density at radius 3 is 0.548 bits per heavy atom. The third kappa shape index (κ3) is 21.1. The van der Waals surface area contributed by atoms with E-state index >= 15 is 0 Å². The van der Waals surface area contributed by atoms with E-state index in [9.17, 15) is 37.8 Å². The molecule has 4 fully saturated rings. The Bertz CT molecular complexity index is 732. The standard InChI is InChI=1S/4C7H15O2P.Mg.Zn/c4*1-10(8,9)7-5-3-2-4-6-7;;/h4*7H,2-6H2,1H3,(H,8,9);;/q;;;;2*+2/p-4. The van der Waals surface area contributed by atoms with E-state index in [0.717, 1.165) is 103 Å². The minimum Gasteiger partial charge on any atom is -0.799 e. The van der Waals surface area contributed by atoms with E-state index < -0.39 is 29.5 Å². The SMILES string of the molecule is CP(=O)([O-])C1CCCCC1.CP(=O)([O-])C1CCCCC1.CP(=O)([O-])C1CCCCC1.CP(=O)([O-])C1CCCCC1.[Mg+2].[Zn+2]. The molecule has 4 rings (SSSR count). The van der Waals surface area contributed by atoms with Gasteiger partial charge in [-0.2, -0.15) is 0 Å². The van der Waals surface area contributed by atoms with Crippen LogP contribution in [0.15, 0.2) is 0 Å². The minimum atomic E-state index is -2.99. The largest absolute Gasteiger partial charge is 2.00 e. The van der Waals surface area contributed by atoms with Crippen molar-refractivity contribution in [2.24, 2.45) is 0 Å². The summed E-state index contributed by atoms with van der Waals surface area (Å²) in [6.45, 7) is 5.51. The molecule has 240 valence electrons. The van der Waals surface area contributed by atoms with E-state index in [0.29, 0.717) is 0 Å². The van der Waals surface area contributed by atoms with Gasteiger partial charge in [0.25, 0.3) is 0 Å². The summed E-state index contributed by atoms with van der Waals surface area (Å²) in [5.74, 6) is 0. The summed E-state index contributed by atoms with van der Waals surface area (Å²) >= 11 is 0. The van der Waals surface area contributed by atoms with E-state index in [-0.39, 0.29) is 65.2 Å². The number of hydrogen-bond acceptors (Lipinski definition) is 8. The monoisotopic (exact) mass is 732 g/mol. The summed E-state index contributed by atoms with van der Waals surface area (Å²) in [6, 6.07) is 0. The van der Waals surface area contributed by atoms with E-state index in [2.05, 4.69) is 0 Å². The Kier molecular flexibility index (Phi) is 25.0. The first-order valence-electron chi connectivity index (χ1n) is 15.5. The normalized spacial score (nSPS) is 26.5. The zero-order valence-electron chi connectivity index (χ0n) is 26.9. The van der Waals surface area contributed by atoms with Crippen molar-refractivity contribution >= 4 is 52.5 Å². The molecule has 42 heavy (non-hydrogen) atoms.